The molecule has 0 aromatic carbocycles. The van der Waals surface area contributed by atoms with Crippen LogP contribution in [0.2, 0.25) is 0 Å². The minimum Gasteiger partial charge on any atom is -0.396 e. The van der Waals surface area contributed by atoms with Crippen LogP contribution in [0.4, 0.5) is 0 Å². The van der Waals surface area contributed by atoms with Crippen LogP contribution in [0.1, 0.15) is 24.2 Å². The van der Waals surface area contributed by atoms with Crippen LogP contribution < -0.4 is 0 Å². The monoisotopic (exact) mass is 333 g/mol. The van der Waals surface area contributed by atoms with E-state index in [2.05, 4.69) is 5.10 Å². The quantitative estimate of drug-likeness (QED) is 0.870. The second-order valence-electron chi connectivity index (χ2n) is 5.17. The van der Waals surface area contributed by atoms with Crippen molar-refractivity contribution in [1.82, 2.24) is 14.1 Å². The zero-order chi connectivity index (χ0) is 15.5. The molecule has 0 spiro atoms. The van der Waals surface area contributed by atoms with Crippen LogP contribution in [0.15, 0.2) is 4.90 Å². The number of rotatable bonds is 5. The summed E-state index contributed by atoms with van der Waals surface area (Å²) in [5, 5.41) is 13.2. The molecule has 6 nitrogen and oxygen atoms in total. The van der Waals surface area contributed by atoms with E-state index >= 15 is 0 Å². The molecule has 1 aromatic heterocycles. The Hall–Kier alpha value is -0.570. The van der Waals surface area contributed by atoms with Crippen molar-refractivity contribution in [3.8, 4) is 0 Å². The molecule has 0 atom stereocenters. The Labute approximate surface area is 130 Å². The number of aromatic nitrogens is 2. The molecule has 1 fully saturated rings. The van der Waals surface area contributed by atoms with Crippen LogP contribution in [-0.2, 0) is 16.6 Å². The molecule has 0 aliphatic carbocycles. The Kier molecular flexibility index (Phi) is 5.70. The Balaban J connectivity index is 2.32. The molecule has 120 valence electrons. The summed E-state index contributed by atoms with van der Waals surface area (Å²) in [6, 6.07) is 0. The van der Waals surface area contributed by atoms with Gasteiger partial charge < -0.3 is 5.11 Å². The smallest absolute Gasteiger partial charge is 0.246 e. The lowest BCUT2D eigenvalue weighted by Gasteiger charge is -2.19. The minimum atomic E-state index is -3.48. The van der Waals surface area contributed by atoms with Gasteiger partial charge in [-0.25, -0.2) is 8.42 Å². The summed E-state index contributed by atoms with van der Waals surface area (Å²) in [4.78, 5) is 0.340. The van der Waals surface area contributed by atoms with Crippen molar-refractivity contribution in [2.45, 2.75) is 38.1 Å². The maximum atomic E-state index is 12.9. The van der Waals surface area contributed by atoms with Crippen molar-refractivity contribution in [1.29, 1.82) is 0 Å². The lowest BCUT2D eigenvalue weighted by molar-refractivity contribution is 0.276. The molecule has 2 rings (SSSR count). The molecule has 1 N–H and O–H groups in total. The molecule has 21 heavy (non-hydrogen) atoms. The molecule has 1 aromatic rings. The van der Waals surface area contributed by atoms with Gasteiger partial charge in [0, 0.05) is 32.0 Å². The summed E-state index contributed by atoms with van der Waals surface area (Å²) < 4.78 is 29.0. The van der Waals surface area contributed by atoms with Crippen LogP contribution in [0.25, 0.3) is 0 Å². The fraction of sp³-hybridized carbons (Fsp3) is 0.769. The van der Waals surface area contributed by atoms with E-state index in [4.69, 9.17) is 5.11 Å². The molecule has 8 heteroatoms. The molecule has 0 bridgehead atoms. The number of aliphatic hydroxyl groups excluding tert-OH is 1. The van der Waals surface area contributed by atoms with E-state index < -0.39 is 10.0 Å². The van der Waals surface area contributed by atoms with Gasteiger partial charge in [-0.1, -0.05) is 0 Å². The fourth-order valence-corrected chi connectivity index (χ4v) is 5.44. The molecule has 0 radical (unpaired) electrons. The predicted octanol–water partition coefficient (Wildman–Crippen LogP) is 1.01. The molecule has 1 aliphatic heterocycles. The van der Waals surface area contributed by atoms with Crippen molar-refractivity contribution >= 4 is 21.8 Å². The van der Waals surface area contributed by atoms with E-state index in [0.29, 0.717) is 42.3 Å². The Morgan fingerprint density at radius 2 is 2.05 bits per heavy atom. The van der Waals surface area contributed by atoms with Crippen molar-refractivity contribution in [2.24, 2.45) is 0 Å². The summed E-state index contributed by atoms with van der Waals surface area (Å²) in [6.45, 7) is 5.28. The number of nitrogens with zero attached hydrogens (tertiary/aromatic N) is 3. The third-order valence-corrected chi connectivity index (χ3v) is 6.82. The topological polar surface area (TPSA) is 75.4 Å². The average Bonchev–Trinajstić information content (AvgIpc) is 2.63. The lowest BCUT2D eigenvalue weighted by Crippen LogP contribution is -2.33. The first-order valence-corrected chi connectivity index (χ1v) is 9.80. The second kappa shape index (κ2) is 7.13. The molecule has 0 unspecified atom stereocenters. The van der Waals surface area contributed by atoms with Gasteiger partial charge in [0.25, 0.3) is 0 Å². The molecular formula is C13H23N3O3S2. The lowest BCUT2D eigenvalue weighted by atomic mass is 10.4. The summed E-state index contributed by atoms with van der Waals surface area (Å²) in [5.74, 6) is 1.86. The van der Waals surface area contributed by atoms with Crippen molar-refractivity contribution in [3.63, 3.8) is 0 Å². The van der Waals surface area contributed by atoms with E-state index in [9.17, 15) is 8.42 Å². The third kappa shape index (κ3) is 3.61. The van der Waals surface area contributed by atoms with Gasteiger partial charge in [-0.15, -0.1) is 0 Å². The Morgan fingerprint density at radius 1 is 1.29 bits per heavy atom. The molecule has 0 amide bonds. The van der Waals surface area contributed by atoms with Gasteiger partial charge in [0.1, 0.15) is 4.90 Å². The predicted molar refractivity (Wildman–Crippen MR) is 84.1 cm³/mol. The number of hydrogen-bond acceptors (Lipinski definition) is 5. The summed E-state index contributed by atoms with van der Waals surface area (Å²) >= 11 is 1.80. The highest BCUT2D eigenvalue weighted by atomic mass is 32.2. The van der Waals surface area contributed by atoms with Gasteiger partial charge in [-0.2, -0.15) is 21.2 Å². The number of hydrogen-bond donors (Lipinski definition) is 1. The second-order valence-corrected chi connectivity index (χ2v) is 8.27. The largest absolute Gasteiger partial charge is 0.396 e. The summed E-state index contributed by atoms with van der Waals surface area (Å²) in [6.07, 6.45) is 1.46. The van der Waals surface area contributed by atoms with Crippen LogP contribution in [-0.4, -0.2) is 58.8 Å². The number of aliphatic hydroxyl groups is 1. The Bertz CT molecular complexity index is 576. The maximum absolute atomic E-state index is 12.9. The molecule has 1 aliphatic rings. The van der Waals surface area contributed by atoms with Crippen LogP contribution in [0.3, 0.4) is 0 Å². The minimum absolute atomic E-state index is 0.0732. The van der Waals surface area contributed by atoms with Gasteiger partial charge in [0.2, 0.25) is 10.0 Å². The van der Waals surface area contributed by atoms with Gasteiger partial charge in [0.05, 0.1) is 11.4 Å². The highest BCUT2D eigenvalue weighted by Crippen LogP contribution is 2.25. The van der Waals surface area contributed by atoms with Gasteiger partial charge in [-0.3, -0.25) is 4.68 Å². The van der Waals surface area contributed by atoms with E-state index in [-0.39, 0.29) is 6.61 Å². The molecule has 2 heterocycles. The average molecular weight is 333 g/mol. The first kappa shape index (κ1) is 16.8. The third-order valence-electron chi connectivity index (χ3n) is 3.62. The van der Waals surface area contributed by atoms with Crippen LogP contribution in [0.5, 0.6) is 0 Å². The number of thioether (sulfide) groups is 1. The molecule has 1 saturated heterocycles. The van der Waals surface area contributed by atoms with E-state index in [1.165, 1.54) is 0 Å². The SMILES string of the molecule is Cc1nn(CCCO)c(C)c1S(=O)(=O)N1CCCSCC1. The Morgan fingerprint density at radius 3 is 2.76 bits per heavy atom. The summed E-state index contributed by atoms with van der Waals surface area (Å²) in [7, 11) is -3.48. The summed E-state index contributed by atoms with van der Waals surface area (Å²) in [5.41, 5.74) is 1.21. The molecular weight excluding hydrogens is 310 g/mol. The standard InChI is InChI=1S/C13H23N3O3S2/c1-11-13(12(2)16(14-11)6-3-8-17)21(18,19)15-5-4-9-20-10-7-15/h17H,3-10H2,1-2H3. The fourth-order valence-electron chi connectivity index (χ4n) is 2.58. The normalized spacial score (nSPS) is 17.9. The first-order chi connectivity index (χ1) is 9.98. The van der Waals surface area contributed by atoms with E-state index in [0.717, 1.165) is 17.9 Å². The highest BCUT2D eigenvalue weighted by molar-refractivity contribution is 7.99. The maximum Gasteiger partial charge on any atom is 0.246 e. The van der Waals surface area contributed by atoms with E-state index in [1.807, 2.05) is 0 Å². The zero-order valence-electron chi connectivity index (χ0n) is 12.6. The van der Waals surface area contributed by atoms with Crippen LogP contribution in [0, 0.1) is 13.8 Å². The van der Waals surface area contributed by atoms with Gasteiger partial charge >= 0.3 is 0 Å². The molecule has 0 saturated carbocycles. The van der Waals surface area contributed by atoms with Crippen molar-refractivity contribution in [3.05, 3.63) is 11.4 Å². The number of aryl methyl sites for hydroxylation is 2. The first-order valence-electron chi connectivity index (χ1n) is 7.21. The van der Waals surface area contributed by atoms with Gasteiger partial charge in [0.15, 0.2) is 0 Å². The van der Waals surface area contributed by atoms with Crippen molar-refractivity contribution < 1.29 is 13.5 Å². The van der Waals surface area contributed by atoms with Crippen LogP contribution >= 0.6 is 11.8 Å². The van der Waals surface area contributed by atoms with Crippen molar-refractivity contribution in [2.75, 3.05) is 31.2 Å². The number of sulfonamides is 1. The zero-order valence-corrected chi connectivity index (χ0v) is 14.2. The highest BCUT2D eigenvalue weighted by Gasteiger charge is 2.31. The van der Waals surface area contributed by atoms with E-state index in [1.54, 1.807) is 34.6 Å². The van der Waals surface area contributed by atoms with Gasteiger partial charge in [-0.05, 0) is 32.4 Å².